The number of carbonyl (C=O) groups is 2. The van der Waals surface area contributed by atoms with Crippen molar-refractivity contribution in [3.8, 4) is 11.5 Å². The van der Waals surface area contributed by atoms with Crippen molar-refractivity contribution in [2.45, 2.75) is 52.7 Å². The zero-order chi connectivity index (χ0) is 27.1. The molecule has 0 fully saturated rings. The largest absolute Gasteiger partial charge is 0.493 e. The lowest BCUT2D eigenvalue weighted by Gasteiger charge is -2.17. The van der Waals surface area contributed by atoms with Gasteiger partial charge >= 0.3 is 5.69 Å². The minimum Gasteiger partial charge on any atom is -0.493 e. The molecular formula is C27H34N4O6. The summed E-state index contributed by atoms with van der Waals surface area (Å²) in [6, 6.07) is 9.68. The molecule has 1 unspecified atom stereocenters. The molecule has 2 N–H and O–H groups in total. The van der Waals surface area contributed by atoms with E-state index >= 15 is 0 Å². The van der Waals surface area contributed by atoms with E-state index in [9.17, 15) is 19.2 Å². The Morgan fingerprint density at radius 3 is 2.22 bits per heavy atom. The van der Waals surface area contributed by atoms with Gasteiger partial charge in [-0.1, -0.05) is 26.0 Å². The molecule has 0 radical (unpaired) electrons. The van der Waals surface area contributed by atoms with Gasteiger partial charge in [-0.3, -0.25) is 23.5 Å². The third-order valence-corrected chi connectivity index (χ3v) is 6.14. The summed E-state index contributed by atoms with van der Waals surface area (Å²) in [7, 11) is 2.91. The number of benzene rings is 2. The first-order chi connectivity index (χ1) is 17.7. The number of nitrogens with one attached hydrogen (secondary N) is 2. The van der Waals surface area contributed by atoms with Crippen molar-refractivity contribution in [1.82, 2.24) is 19.8 Å². The van der Waals surface area contributed by atoms with Crippen LogP contribution in [0.15, 0.2) is 46.0 Å². The molecule has 0 aliphatic heterocycles. The van der Waals surface area contributed by atoms with E-state index < -0.39 is 11.2 Å². The fourth-order valence-corrected chi connectivity index (χ4v) is 3.89. The van der Waals surface area contributed by atoms with E-state index in [1.54, 1.807) is 24.3 Å². The fraction of sp³-hybridized carbons (Fsp3) is 0.407. The normalized spacial score (nSPS) is 11.7. The van der Waals surface area contributed by atoms with Crippen molar-refractivity contribution in [3.63, 3.8) is 0 Å². The maximum absolute atomic E-state index is 13.6. The van der Waals surface area contributed by atoms with Crippen molar-refractivity contribution in [2.24, 2.45) is 0 Å². The molecule has 0 saturated heterocycles. The molecule has 1 atom stereocenters. The van der Waals surface area contributed by atoms with E-state index in [1.807, 2.05) is 20.8 Å². The second-order valence-corrected chi connectivity index (χ2v) is 8.81. The standard InChI is InChI=1S/C27H34N4O6/c1-6-12-28-25(33)19-10-8-18(9-11-19)15-31-26(34)20-13-22(36-4)23(37-5)14-21(20)30(27(31)35)16-24(32)29-17(3)7-2/h8-11,13-14,17H,6-7,12,15-16H2,1-5H3,(H,28,33)(H,29,32). The zero-order valence-corrected chi connectivity index (χ0v) is 21.9. The Labute approximate surface area is 215 Å². The number of hydrogen-bond donors (Lipinski definition) is 2. The summed E-state index contributed by atoms with van der Waals surface area (Å²) in [6.45, 7) is 6.06. The van der Waals surface area contributed by atoms with Crippen molar-refractivity contribution in [2.75, 3.05) is 20.8 Å². The predicted molar refractivity (Wildman–Crippen MR) is 142 cm³/mol. The van der Waals surface area contributed by atoms with Gasteiger partial charge in [-0.25, -0.2) is 4.79 Å². The number of amides is 2. The molecular weight excluding hydrogens is 476 g/mol. The van der Waals surface area contributed by atoms with Gasteiger partial charge in [0.1, 0.15) is 6.54 Å². The zero-order valence-electron chi connectivity index (χ0n) is 21.9. The third kappa shape index (κ3) is 6.19. The molecule has 0 bridgehead atoms. The van der Waals surface area contributed by atoms with E-state index in [2.05, 4.69) is 10.6 Å². The van der Waals surface area contributed by atoms with Crippen molar-refractivity contribution in [3.05, 3.63) is 68.4 Å². The molecule has 0 aliphatic rings. The molecule has 10 nitrogen and oxygen atoms in total. The number of nitrogens with zero attached hydrogens (tertiary/aromatic N) is 2. The lowest BCUT2D eigenvalue weighted by atomic mass is 10.1. The monoisotopic (exact) mass is 510 g/mol. The van der Waals surface area contributed by atoms with Crippen LogP contribution in [-0.4, -0.2) is 47.8 Å². The summed E-state index contributed by atoms with van der Waals surface area (Å²) in [4.78, 5) is 52.0. The molecule has 3 rings (SSSR count). The summed E-state index contributed by atoms with van der Waals surface area (Å²) >= 11 is 0. The van der Waals surface area contributed by atoms with Gasteiger partial charge in [-0.05, 0) is 43.5 Å². The third-order valence-electron chi connectivity index (χ3n) is 6.14. The maximum Gasteiger partial charge on any atom is 0.332 e. The van der Waals surface area contributed by atoms with Crippen LogP contribution in [0.1, 0.15) is 49.5 Å². The van der Waals surface area contributed by atoms with Gasteiger partial charge in [0, 0.05) is 24.2 Å². The van der Waals surface area contributed by atoms with E-state index in [0.29, 0.717) is 29.2 Å². The van der Waals surface area contributed by atoms with Gasteiger partial charge in [0.05, 0.1) is 31.7 Å². The molecule has 0 saturated carbocycles. The average Bonchev–Trinajstić information content (AvgIpc) is 2.91. The lowest BCUT2D eigenvalue weighted by Crippen LogP contribution is -2.44. The molecule has 3 aromatic rings. The lowest BCUT2D eigenvalue weighted by molar-refractivity contribution is -0.122. The molecule has 0 spiro atoms. The summed E-state index contributed by atoms with van der Waals surface area (Å²) < 4.78 is 13.1. The SMILES string of the molecule is CCCNC(=O)c1ccc(Cn2c(=O)c3cc(OC)c(OC)cc3n(CC(=O)NC(C)CC)c2=O)cc1. The number of aromatic nitrogens is 2. The first-order valence-corrected chi connectivity index (χ1v) is 12.3. The van der Waals surface area contributed by atoms with Crippen LogP contribution in [0.4, 0.5) is 0 Å². The second kappa shape index (κ2) is 12.2. The molecule has 1 aromatic heterocycles. The fourth-order valence-electron chi connectivity index (χ4n) is 3.89. The van der Waals surface area contributed by atoms with E-state index in [-0.39, 0.29) is 41.8 Å². The quantitative estimate of drug-likeness (QED) is 0.408. The van der Waals surface area contributed by atoms with Crippen LogP contribution in [0.5, 0.6) is 11.5 Å². The maximum atomic E-state index is 13.6. The Morgan fingerprint density at radius 2 is 1.62 bits per heavy atom. The van der Waals surface area contributed by atoms with Gasteiger partial charge in [-0.2, -0.15) is 0 Å². The van der Waals surface area contributed by atoms with Gasteiger partial charge in [0.25, 0.3) is 11.5 Å². The Morgan fingerprint density at radius 1 is 0.973 bits per heavy atom. The number of methoxy groups -OCH3 is 2. The predicted octanol–water partition coefficient (Wildman–Crippen LogP) is 2.28. The minimum absolute atomic E-state index is 0.0359. The first kappa shape index (κ1) is 27.5. The Bertz CT molecular complexity index is 1390. The highest BCUT2D eigenvalue weighted by molar-refractivity contribution is 5.94. The average molecular weight is 511 g/mol. The van der Waals surface area contributed by atoms with Crippen LogP contribution in [0.25, 0.3) is 10.9 Å². The highest BCUT2D eigenvalue weighted by atomic mass is 16.5. The van der Waals surface area contributed by atoms with Gasteiger partial charge in [0.2, 0.25) is 5.91 Å². The molecule has 10 heteroatoms. The summed E-state index contributed by atoms with van der Waals surface area (Å²) in [5, 5.41) is 5.88. The molecule has 37 heavy (non-hydrogen) atoms. The van der Waals surface area contributed by atoms with Crippen molar-refractivity contribution in [1.29, 1.82) is 0 Å². The highest BCUT2D eigenvalue weighted by Crippen LogP contribution is 2.30. The molecule has 198 valence electrons. The molecule has 2 amide bonds. The summed E-state index contributed by atoms with van der Waals surface area (Å²) in [6.07, 6.45) is 1.56. The summed E-state index contributed by atoms with van der Waals surface area (Å²) in [5.41, 5.74) is 0.255. The number of rotatable bonds is 11. The number of carbonyl (C=O) groups excluding carboxylic acids is 2. The van der Waals surface area contributed by atoms with Crippen LogP contribution in [0, 0.1) is 0 Å². The summed E-state index contributed by atoms with van der Waals surface area (Å²) in [5.74, 6) is 0.127. The minimum atomic E-state index is -0.631. The first-order valence-electron chi connectivity index (χ1n) is 12.3. The van der Waals surface area contributed by atoms with Gasteiger partial charge in [-0.15, -0.1) is 0 Å². The van der Waals surface area contributed by atoms with Crippen LogP contribution in [0.2, 0.25) is 0 Å². The smallest absolute Gasteiger partial charge is 0.332 e. The van der Waals surface area contributed by atoms with Gasteiger partial charge in [0.15, 0.2) is 11.5 Å². The van der Waals surface area contributed by atoms with Crippen LogP contribution >= 0.6 is 0 Å². The van der Waals surface area contributed by atoms with Crippen molar-refractivity contribution >= 4 is 22.7 Å². The van der Waals surface area contributed by atoms with Crippen molar-refractivity contribution < 1.29 is 19.1 Å². The molecule has 1 heterocycles. The Hall–Kier alpha value is -4.08. The van der Waals surface area contributed by atoms with E-state index in [1.165, 1.54) is 30.9 Å². The topological polar surface area (TPSA) is 121 Å². The van der Waals surface area contributed by atoms with Crippen LogP contribution in [0.3, 0.4) is 0 Å². The molecule has 2 aromatic carbocycles. The molecule has 0 aliphatic carbocycles. The number of fused-ring (bicyclic) bond motifs is 1. The second-order valence-electron chi connectivity index (χ2n) is 8.81. The van der Waals surface area contributed by atoms with Crippen LogP contribution in [-0.2, 0) is 17.9 Å². The highest BCUT2D eigenvalue weighted by Gasteiger charge is 2.19. The number of ether oxygens (including phenoxy) is 2. The number of hydrogen-bond acceptors (Lipinski definition) is 6. The Balaban J connectivity index is 2.10. The Kier molecular flexibility index (Phi) is 9.10. The van der Waals surface area contributed by atoms with Crippen LogP contribution < -0.4 is 31.4 Å². The van der Waals surface area contributed by atoms with E-state index in [4.69, 9.17) is 9.47 Å². The van der Waals surface area contributed by atoms with Gasteiger partial charge < -0.3 is 20.1 Å². The van der Waals surface area contributed by atoms with E-state index in [0.717, 1.165) is 17.4 Å².